The second kappa shape index (κ2) is 6.72. The van der Waals surface area contributed by atoms with E-state index < -0.39 is 5.97 Å². The summed E-state index contributed by atoms with van der Waals surface area (Å²) in [5.41, 5.74) is 1.90. The van der Waals surface area contributed by atoms with Crippen molar-refractivity contribution in [3.63, 3.8) is 0 Å². The standard InChI is InChI=1S/C16H23N3O2/c1-12(2)18-6-8-19(9-7-18)16-13(3)10-14(11-17-16)4-5-15(20)21/h4-5,10-12H,6-9H2,1-3H3,(H,20,21)/b5-4+. The van der Waals surface area contributed by atoms with Gasteiger partial charge in [-0.05, 0) is 44.0 Å². The molecule has 1 aliphatic heterocycles. The molecule has 0 bridgehead atoms. The lowest BCUT2D eigenvalue weighted by Gasteiger charge is -2.38. The predicted octanol–water partition coefficient (Wildman–Crippen LogP) is 2.02. The molecule has 0 atom stereocenters. The predicted molar refractivity (Wildman–Crippen MR) is 84.6 cm³/mol. The highest BCUT2D eigenvalue weighted by Crippen LogP contribution is 2.20. The van der Waals surface area contributed by atoms with Crippen LogP contribution in [0.25, 0.3) is 6.08 Å². The van der Waals surface area contributed by atoms with Gasteiger partial charge in [-0.1, -0.05) is 0 Å². The van der Waals surface area contributed by atoms with Crippen LogP contribution in [-0.2, 0) is 4.79 Å². The van der Waals surface area contributed by atoms with Gasteiger partial charge in [0.25, 0.3) is 0 Å². The van der Waals surface area contributed by atoms with Crippen LogP contribution in [0.15, 0.2) is 18.3 Å². The molecule has 21 heavy (non-hydrogen) atoms. The first-order chi connectivity index (χ1) is 9.97. The molecule has 0 saturated carbocycles. The molecule has 1 N–H and O–H groups in total. The summed E-state index contributed by atoms with van der Waals surface area (Å²) in [6.07, 6.45) is 4.44. The van der Waals surface area contributed by atoms with Gasteiger partial charge in [-0.15, -0.1) is 0 Å². The van der Waals surface area contributed by atoms with Gasteiger partial charge in [0.2, 0.25) is 0 Å². The van der Waals surface area contributed by atoms with Crippen LogP contribution >= 0.6 is 0 Å². The SMILES string of the molecule is Cc1cc(/C=C/C(=O)O)cnc1N1CCN(C(C)C)CC1. The Bertz CT molecular complexity index is 532. The zero-order chi connectivity index (χ0) is 15.4. The Hall–Kier alpha value is -1.88. The van der Waals surface area contributed by atoms with E-state index in [9.17, 15) is 4.79 Å². The zero-order valence-electron chi connectivity index (χ0n) is 12.9. The summed E-state index contributed by atoms with van der Waals surface area (Å²) in [5.74, 6) is 0.0624. The van der Waals surface area contributed by atoms with E-state index in [2.05, 4.69) is 28.6 Å². The van der Waals surface area contributed by atoms with Gasteiger partial charge in [-0.2, -0.15) is 0 Å². The lowest BCUT2D eigenvalue weighted by Crippen LogP contribution is -2.49. The topological polar surface area (TPSA) is 56.7 Å². The van der Waals surface area contributed by atoms with Crippen LogP contribution in [0.3, 0.4) is 0 Å². The number of anilines is 1. The van der Waals surface area contributed by atoms with Crippen LogP contribution in [0, 0.1) is 6.92 Å². The molecular formula is C16H23N3O2. The van der Waals surface area contributed by atoms with Gasteiger partial charge in [0.1, 0.15) is 5.82 Å². The molecular weight excluding hydrogens is 266 g/mol. The van der Waals surface area contributed by atoms with Gasteiger partial charge in [-0.3, -0.25) is 4.90 Å². The minimum absolute atomic E-state index is 0.588. The minimum Gasteiger partial charge on any atom is -0.478 e. The van der Waals surface area contributed by atoms with Crippen LogP contribution in [0.5, 0.6) is 0 Å². The van der Waals surface area contributed by atoms with Gasteiger partial charge >= 0.3 is 5.97 Å². The van der Waals surface area contributed by atoms with Crippen molar-refractivity contribution >= 4 is 17.9 Å². The molecule has 2 heterocycles. The van der Waals surface area contributed by atoms with E-state index in [0.29, 0.717) is 6.04 Å². The molecule has 1 aromatic heterocycles. The highest BCUT2D eigenvalue weighted by atomic mass is 16.4. The molecule has 2 rings (SSSR count). The highest BCUT2D eigenvalue weighted by molar-refractivity contribution is 5.85. The van der Waals surface area contributed by atoms with E-state index in [1.165, 1.54) is 0 Å². The lowest BCUT2D eigenvalue weighted by molar-refractivity contribution is -0.131. The van der Waals surface area contributed by atoms with Crippen LogP contribution in [0.2, 0.25) is 0 Å². The van der Waals surface area contributed by atoms with Gasteiger partial charge < -0.3 is 10.0 Å². The van der Waals surface area contributed by atoms with Crippen molar-refractivity contribution in [3.05, 3.63) is 29.5 Å². The quantitative estimate of drug-likeness (QED) is 0.859. The monoisotopic (exact) mass is 289 g/mol. The minimum atomic E-state index is -0.943. The third-order valence-corrected chi connectivity index (χ3v) is 3.83. The van der Waals surface area contributed by atoms with Crippen molar-refractivity contribution in [3.8, 4) is 0 Å². The molecule has 5 nitrogen and oxygen atoms in total. The van der Waals surface area contributed by atoms with E-state index in [0.717, 1.165) is 49.2 Å². The number of hydrogen-bond acceptors (Lipinski definition) is 4. The number of aryl methyl sites for hydroxylation is 1. The number of carboxylic acid groups (broad SMARTS) is 1. The highest BCUT2D eigenvalue weighted by Gasteiger charge is 2.20. The fourth-order valence-corrected chi connectivity index (χ4v) is 2.63. The van der Waals surface area contributed by atoms with Crippen LogP contribution in [0.1, 0.15) is 25.0 Å². The van der Waals surface area contributed by atoms with Gasteiger partial charge in [-0.25, -0.2) is 9.78 Å². The second-order valence-corrected chi connectivity index (χ2v) is 5.70. The number of nitrogens with zero attached hydrogens (tertiary/aromatic N) is 3. The number of pyridine rings is 1. The largest absolute Gasteiger partial charge is 0.478 e. The van der Waals surface area contributed by atoms with Gasteiger partial charge in [0, 0.05) is 44.5 Å². The molecule has 0 aliphatic carbocycles. The maximum Gasteiger partial charge on any atom is 0.328 e. The van der Waals surface area contributed by atoms with Crippen LogP contribution in [0.4, 0.5) is 5.82 Å². The Morgan fingerprint density at radius 2 is 2.00 bits per heavy atom. The Morgan fingerprint density at radius 3 is 2.52 bits per heavy atom. The molecule has 1 fully saturated rings. The van der Waals surface area contributed by atoms with E-state index in [1.807, 2.05) is 13.0 Å². The summed E-state index contributed by atoms with van der Waals surface area (Å²) in [6, 6.07) is 2.57. The van der Waals surface area contributed by atoms with Gasteiger partial charge in [0.15, 0.2) is 0 Å². The number of aliphatic carboxylic acids is 1. The summed E-state index contributed by atoms with van der Waals surface area (Å²) in [4.78, 5) is 19.8. The van der Waals surface area contributed by atoms with Crippen molar-refractivity contribution in [2.75, 3.05) is 31.1 Å². The zero-order valence-corrected chi connectivity index (χ0v) is 12.9. The lowest BCUT2D eigenvalue weighted by atomic mass is 10.1. The van der Waals surface area contributed by atoms with E-state index >= 15 is 0 Å². The molecule has 0 amide bonds. The van der Waals surface area contributed by atoms with E-state index in [4.69, 9.17) is 5.11 Å². The van der Waals surface area contributed by atoms with Crippen LogP contribution in [-0.4, -0.2) is 53.2 Å². The number of rotatable bonds is 4. The van der Waals surface area contributed by atoms with Crippen molar-refractivity contribution in [2.24, 2.45) is 0 Å². The fourth-order valence-electron chi connectivity index (χ4n) is 2.63. The molecule has 114 valence electrons. The molecule has 0 radical (unpaired) electrons. The molecule has 0 unspecified atom stereocenters. The molecule has 5 heteroatoms. The molecule has 0 spiro atoms. The Labute approximate surface area is 125 Å². The summed E-state index contributed by atoms with van der Waals surface area (Å²) in [7, 11) is 0. The third-order valence-electron chi connectivity index (χ3n) is 3.83. The molecule has 1 aromatic rings. The second-order valence-electron chi connectivity index (χ2n) is 5.70. The average Bonchev–Trinajstić information content (AvgIpc) is 2.45. The van der Waals surface area contributed by atoms with E-state index in [-0.39, 0.29) is 0 Å². The Balaban J connectivity index is 2.06. The molecule has 1 saturated heterocycles. The van der Waals surface area contributed by atoms with Crippen molar-refractivity contribution in [1.29, 1.82) is 0 Å². The van der Waals surface area contributed by atoms with Crippen molar-refractivity contribution in [1.82, 2.24) is 9.88 Å². The normalized spacial score (nSPS) is 16.9. The smallest absolute Gasteiger partial charge is 0.328 e. The van der Waals surface area contributed by atoms with Crippen molar-refractivity contribution in [2.45, 2.75) is 26.8 Å². The number of piperazine rings is 1. The third kappa shape index (κ3) is 4.04. The summed E-state index contributed by atoms with van der Waals surface area (Å²) >= 11 is 0. The summed E-state index contributed by atoms with van der Waals surface area (Å²) < 4.78 is 0. The van der Waals surface area contributed by atoms with Gasteiger partial charge in [0.05, 0.1) is 0 Å². The Kier molecular flexibility index (Phi) is 4.96. The van der Waals surface area contributed by atoms with Crippen molar-refractivity contribution < 1.29 is 9.90 Å². The van der Waals surface area contributed by atoms with E-state index in [1.54, 1.807) is 12.3 Å². The first-order valence-electron chi connectivity index (χ1n) is 7.34. The number of hydrogen-bond donors (Lipinski definition) is 1. The molecule has 1 aliphatic rings. The first-order valence-corrected chi connectivity index (χ1v) is 7.34. The molecule has 0 aromatic carbocycles. The summed E-state index contributed by atoms with van der Waals surface area (Å²) in [6.45, 7) is 10.5. The average molecular weight is 289 g/mol. The maximum atomic E-state index is 10.5. The Morgan fingerprint density at radius 1 is 1.33 bits per heavy atom. The summed E-state index contributed by atoms with van der Waals surface area (Å²) in [5, 5.41) is 8.65. The fraction of sp³-hybridized carbons (Fsp3) is 0.500. The van der Waals surface area contributed by atoms with Crippen LogP contribution < -0.4 is 4.90 Å². The number of aromatic nitrogens is 1. The number of carbonyl (C=O) groups is 1. The number of carboxylic acids is 1. The maximum absolute atomic E-state index is 10.5. The first kappa shape index (κ1) is 15.5.